The Labute approximate surface area is 179 Å². The molecule has 6 heteroatoms. The van der Waals surface area contributed by atoms with Crippen LogP contribution in [0.2, 0.25) is 0 Å². The number of rotatable bonds is 7. The van der Waals surface area contributed by atoms with Crippen molar-refractivity contribution < 1.29 is 14.5 Å². The lowest BCUT2D eigenvalue weighted by Crippen LogP contribution is -3.11. The van der Waals surface area contributed by atoms with Crippen LogP contribution >= 0.6 is 0 Å². The zero-order valence-electron chi connectivity index (χ0n) is 18.2. The molecule has 0 saturated carbocycles. The van der Waals surface area contributed by atoms with Gasteiger partial charge in [0, 0.05) is 43.9 Å². The molecule has 1 heterocycles. The molecule has 3 rings (SSSR count). The molecule has 0 radical (unpaired) electrons. The first-order valence-electron chi connectivity index (χ1n) is 10.8. The largest absolute Gasteiger partial charge is 0.378 e. The number of para-hydroxylation sites is 1. The first-order valence-corrected chi connectivity index (χ1v) is 10.8. The Morgan fingerprint density at radius 1 is 1.00 bits per heavy atom. The third kappa shape index (κ3) is 5.39. The number of quaternary nitrogens is 1. The predicted molar refractivity (Wildman–Crippen MR) is 121 cm³/mol. The van der Waals surface area contributed by atoms with E-state index in [1.54, 1.807) is 0 Å². The summed E-state index contributed by atoms with van der Waals surface area (Å²) in [6.45, 7) is 4.65. The van der Waals surface area contributed by atoms with Gasteiger partial charge < -0.3 is 20.4 Å². The Hall–Kier alpha value is -2.86. The van der Waals surface area contributed by atoms with Crippen LogP contribution in [0.5, 0.6) is 0 Å². The number of carbonyl (C=O) groups excluding carboxylic acids is 2. The monoisotopic (exact) mass is 409 g/mol. The predicted octanol–water partition coefficient (Wildman–Crippen LogP) is 1.79. The maximum atomic E-state index is 12.5. The van der Waals surface area contributed by atoms with Crippen molar-refractivity contribution in [2.45, 2.75) is 32.2 Å². The fraction of sp³-hybridized carbons (Fsp3) is 0.417. The molecule has 6 nitrogen and oxygen atoms in total. The third-order valence-electron chi connectivity index (χ3n) is 5.87. The number of amides is 2. The van der Waals surface area contributed by atoms with Gasteiger partial charge in [0.25, 0.3) is 0 Å². The van der Waals surface area contributed by atoms with Gasteiger partial charge in [-0.05, 0) is 30.2 Å². The third-order valence-corrected chi connectivity index (χ3v) is 5.87. The summed E-state index contributed by atoms with van der Waals surface area (Å²) in [5, 5.41) is 5.62. The summed E-state index contributed by atoms with van der Waals surface area (Å²) in [6, 6.07) is 16.2. The molecule has 2 aromatic rings. The van der Waals surface area contributed by atoms with E-state index in [1.165, 1.54) is 23.3 Å². The number of hydrogen-bond acceptors (Lipinski definition) is 3. The van der Waals surface area contributed by atoms with Crippen LogP contribution in [-0.4, -0.2) is 45.5 Å². The van der Waals surface area contributed by atoms with Crippen molar-refractivity contribution in [3.8, 4) is 0 Å². The molecule has 1 fully saturated rings. The summed E-state index contributed by atoms with van der Waals surface area (Å²) in [7, 11) is 4.04. The van der Waals surface area contributed by atoms with Crippen LogP contribution in [0.15, 0.2) is 48.5 Å². The number of hydrogen-bond donors (Lipinski definition) is 3. The summed E-state index contributed by atoms with van der Waals surface area (Å²) in [6.07, 6.45) is 3.19. The number of nitrogens with zero attached hydrogens (tertiary/aromatic N) is 1. The van der Waals surface area contributed by atoms with Crippen LogP contribution in [-0.2, 0) is 16.0 Å². The van der Waals surface area contributed by atoms with Gasteiger partial charge in [-0.2, -0.15) is 0 Å². The zero-order chi connectivity index (χ0) is 21.5. The van der Waals surface area contributed by atoms with Gasteiger partial charge in [-0.25, -0.2) is 0 Å². The number of nitrogens with one attached hydrogen (secondary N) is 3. The van der Waals surface area contributed by atoms with Gasteiger partial charge in [-0.3, -0.25) is 9.59 Å². The average Bonchev–Trinajstić information content (AvgIpc) is 3.29. The quantitative estimate of drug-likeness (QED) is 0.611. The molecule has 160 valence electrons. The van der Waals surface area contributed by atoms with Gasteiger partial charge in [0.05, 0.1) is 19.6 Å². The highest BCUT2D eigenvalue weighted by Gasteiger charge is 2.28. The van der Waals surface area contributed by atoms with E-state index in [0.717, 1.165) is 30.8 Å². The second-order valence-electron chi connectivity index (χ2n) is 8.08. The molecule has 1 saturated heterocycles. The first kappa shape index (κ1) is 21.8. The molecular formula is C24H33N4O2+. The average molecular weight is 410 g/mol. The van der Waals surface area contributed by atoms with Crippen LogP contribution in [0.25, 0.3) is 0 Å². The smallest absolute Gasteiger partial charge is 0.313 e. The summed E-state index contributed by atoms with van der Waals surface area (Å²) < 4.78 is 0. The van der Waals surface area contributed by atoms with E-state index in [2.05, 4.69) is 39.8 Å². The molecule has 30 heavy (non-hydrogen) atoms. The van der Waals surface area contributed by atoms with Crippen LogP contribution < -0.4 is 20.4 Å². The second-order valence-corrected chi connectivity index (χ2v) is 8.08. The molecule has 0 unspecified atom stereocenters. The standard InChI is InChI=1S/C24H32N4O2/c1-4-18-9-5-6-10-21(18)26-24(30)23(29)25-17-22(28-15-7-8-16-28)19-11-13-20(14-12-19)27(2)3/h5-6,9-14,22H,4,7-8,15-17H2,1-3H3,(H,25,29)(H,26,30)/p+1/t22-/m0/s1. The van der Waals surface area contributed by atoms with Gasteiger partial charge >= 0.3 is 11.8 Å². The molecule has 1 aliphatic heterocycles. The summed E-state index contributed by atoms with van der Waals surface area (Å²) in [5.41, 5.74) is 4.04. The van der Waals surface area contributed by atoms with E-state index in [0.29, 0.717) is 12.2 Å². The van der Waals surface area contributed by atoms with Crippen molar-refractivity contribution in [1.82, 2.24) is 5.32 Å². The molecule has 2 aromatic carbocycles. The highest BCUT2D eigenvalue weighted by molar-refractivity contribution is 6.39. The van der Waals surface area contributed by atoms with Gasteiger partial charge in [0.2, 0.25) is 0 Å². The van der Waals surface area contributed by atoms with E-state index in [4.69, 9.17) is 0 Å². The van der Waals surface area contributed by atoms with Crippen molar-refractivity contribution in [1.29, 1.82) is 0 Å². The topological polar surface area (TPSA) is 65.9 Å². The van der Waals surface area contributed by atoms with Crippen molar-refractivity contribution in [2.24, 2.45) is 0 Å². The summed E-state index contributed by atoms with van der Waals surface area (Å²) >= 11 is 0. The van der Waals surface area contributed by atoms with Crippen LogP contribution in [0.1, 0.15) is 36.9 Å². The number of aryl methyl sites for hydroxylation is 1. The fourth-order valence-electron chi connectivity index (χ4n) is 4.08. The minimum atomic E-state index is -0.617. The first-order chi connectivity index (χ1) is 14.5. The van der Waals surface area contributed by atoms with Crippen LogP contribution in [0.4, 0.5) is 11.4 Å². The van der Waals surface area contributed by atoms with Crippen LogP contribution in [0.3, 0.4) is 0 Å². The van der Waals surface area contributed by atoms with Gasteiger partial charge in [-0.15, -0.1) is 0 Å². The lowest BCUT2D eigenvalue weighted by atomic mass is 10.0. The Morgan fingerprint density at radius 2 is 1.67 bits per heavy atom. The van der Waals surface area contributed by atoms with E-state index in [9.17, 15) is 9.59 Å². The SMILES string of the molecule is CCc1ccccc1NC(=O)C(=O)NC[C@@H](c1ccc(N(C)C)cc1)[NH+]1CCCC1. The Balaban J connectivity index is 1.66. The molecule has 2 amide bonds. The number of carbonyl (C=O) groups is 2. The number of benzene rings is 2. The highest BCUT2D eigenvalue weighted by Crippen LogP contribution is 2.17. The number of anilines is 2. The molecule has 0 bridgehead atoms. The van der Waals surface area contributed by atoms with E-state index in [1.807, 2.05) is 45.3 Å². The lowest BCUT2D eigenvalue weighted by molar-refractivity contribution is -0.918. The van der Waals surface area contributed by atoms with Crippen molar-refractivity contribution in [2.75, 3.05) is 43.9 Å². The number of likely N-dealkylation sites (tertiary alicyclic amines) is 1. The summed E-state index contributed by atoms with van der Waals surface area (Å²) in [4.78, 5) is 28.5. The maximum absolute atomic E-state index is 12.5. The molecule has 0 spiro atoms. The van der Waals surface area contributed by atoms with Gasteiger partial charge in [-0.1, -0.05) is 37.3 Å². The normalized spacial score (nSPS) is 14.9. The Kier molecular flexibility index (Phi) is 7.46. The second kappa shape index (κ2) is 10.3. The van der Waals surface area contributed by atoms with E-state index >= 15 is 0 Å². The van der Waals surface area contributed by atoms with Crippen molar-refractivity contribution in [3.05, 3.63) is 59.7 Å². The lowest BCUT2D eigenvalue weighted by Gasteiger charge is -2.25. The van der Waals surface area contributed by atoms with Gasteiger partial charge in [0.15, 0.2) is 0 Å². The van der Waals surface area contributed by atoms with E-state index < -0.39 is 11.8 Å². The Morgan fingerprint density at radius 3 is 2.30 bits per heavy atom. The molecule has 0 aliphatic carbocycles. The fourth-order valence-corrected chi connectivity index (χ4v) is 4.08. The molecule has 1 aliphatic rings. The van der Waals surface area contributed by atoms with Gasteiger partial charge in [0.1, 0.15) is 6.04 Å². The minimum Gasteiger partial charge on any atom is -0.378 e. The zero-order valence-corrected chi connectivity index (χ0v) is 18.2. The van der Waals surface area contributed by atoms with Crippen LogP contribution in [0, 0.1) is 0 Å². The maximum Gasteiger partial charge on any atom is 0.313 e. The molecular weight excluding hydrogens is 376 g/mol. The molecule has 0 aromatic heterocycles. The molecule has 1 atom stereocenters. The van der Waals surface area contributed by atoms with Crippen molar-refractivity contribution >= 4 is 23.2 Å². The molecule has 3 N–H and O–H groups in total. The minimum absolute atomic E-state index is 0.142. The summed E-state index contributed by atoms with van der Waals surface area (Å²) in [5.74, 6) is -1.21. The van der Waals surface area contributed by atoms with E-state index in [-0.39, 0.29) is 6.04 Å². The van der Waals surface area contributed by atoms with Crippen molar-refractivity contribution in [3.63, 3.8) is 0 Å². The Bertz CT molecular complexity index is 858. The highest BCUT2D eigenvalue weighted by atomic mass is 16.2.